The Kier molecular flexibility index (Phi) is 4.44. The molecule has 5 nitrogen and oxygen atoms in total. The third-order valence-corrected chi connectivity index (χ3v) is 4.38. The average Bonchev–Trinajstić information content (AvgIpc) is 2.84. The minimum atomic E-state index is -0.0687. The van der Waals surface area contributed by atoms with Crippen molar-refractivity contribution in [2.45, 2.75) is 46.2 Å². The molecule has 0 radical (unpaired) electrons. The summed E-state index contributed by atoms with van der Waals surface area (Å²) in [5, 5.41) is 10.2. The fourth-order valence-electron chi connectivity index (χ4n) is 2.69. The van der Waals surface area contributed by atoms with Crippen molar-refractivity contribution in [2.24, 2.45) is 5.92 Å². The van der Waals surface area contributed by atoms with Crippen LogP contribution in [0.4, 0.5) is 0 Å². The number of rotatable bonds is 4. The normalized spacial score (nSPS) is 20.2. The molecule has 0 unspecified atom stereocenters. The van der Waals surface area contributed by atoms with Crippen molar-refractivity contribution in [3.63, 3.8) is 0 Å². The van der Waals surface area contributed by atoms with Crippen molar-refractivity contribution in [3.05, 3.63) is 10.0 Å². The van der Waals surface area contributed by atoms with Gasteiger partial charge in [0.2, 0.25) is 5.91 Å². The van der Waals surface area contributed by atoms with Gasteiger partial charge in [0.15, 0.2) is 0 Å². The van der Waals surface area contributed by atoms with E-state index >= 15 is 0 Å². The van der Waals surface area contributed by atoms with Gasteiger partial charge in [0, 0.05) is 25.0 Å². The first-order valence-corrected chi connectivity index (χ1v) is 7.85. The number of hydrogen-bond donors (Lipinski definition) is 0. The highest BCUT2D eigenvalue weighted by Crippen LogP contribution is 2.26. The second-order valence-corrected chi connectivity index (χ2v) is 7.92. The van der Waals surface area contributed by atoms with Gasteiger partial charge in [0.1, 0.15) is 10.0 Å². The average molecular weight is 296 g/mol. The highest BCUT2D eigenvalue weighted by molar-refractivity contribution is 7.11. The van der Waals surface area contributed by atoms with Crippen LogP contribution in [0.3, 0.4) is 0 Å². The van der Waals surface area contributed by atoms with Crippen molar-refractivity contribution in [1.82, 2.24) is 20.0 Å². The summed E-state index contributed by atoms with van der Waals surface area (Å²) in [7, 11) is 2.08. The molecule has 1 aliphatic heterocycles. The Morgan fingerprint density at radius 2 is 2.10 bits per heavy atom. The topological polar surface area (TPSA) is 49.3 Å². The number of aromatic nitrogens is 2. The summed E-state index contributed by atoms with van der Waals surface area (Å²) in [6.45, 7) is 10.9. The van der Waals surface area contributed by atoms with Crippen molar-refractivity contribution in [2.75, 3.05) is 20.1 Å². The number of nitrogens with zero attached hydrogens (tertiary/aromatic N) is 4. The van der Waals surface area contributed by atoms with Gasteiger partial charge in [-0.1, -0.05) is 0 Å². The van der Waals surface area contributed by atoms with E-state index in [1.807, 2.05) is 11.8 Å². The molecule has 0 bridgehead atoms. The Morgan fingerprint density at radius 3 is 2.60 bits per heavy atom. The van der Waals surface area contributed by atoms with E-state index in [1.54, 1.807) is 11.3 Å². The highest BCUT2D eigenvalue weighted by Gasteiger charge is 2.36. The molecule has 0 aromatic carbocycles. The lowest BCUT2D eigenvalue weighted by Gasteiger charge is -2.32. The minimum absolute atomic E-state index is 0.0687. The molecule has 1 aromatic rings. The molecule has 1 saturated heterocycles. The number of aryl methyl sites for hydroxylation is 1. The van der Waals surface area contributed by atoms with Gasteiger partial charge >= 0.3 is 0 Å². The first kappa shape index (κ1) is 15.4. The van der Waals surface area contributed by atoms with Crippen LogP contribution in [0.2, 0.25) is 0 Å². The van der Waals surface area contributed by atoms with E-state index in [9.17, 15) is 4.79 Å². The lowest BCUT2D eigenvalue weighted by atomic mass is 10.1. The Morgan fingerprint density at radius 1 is 1.40 bits per heavy atom. The zero-order valence-corrected chi connectivity index (χ0v) is 13.8. The van der Waals surface area contributed by atoms with E-state index in [1.165, 1.54) is 0 Å². The Balaban J connectivity index is 1.87. The lowest BCUT2D eigenvalue weighted by molar-refractivity contribution is -0.131. The van der Waals surface area contributed by atoms with E-state index < -0.39 is 0 Å². The fourth-order valence-corrected chi connectivity index (χ4v) is 3.48. The Bertz CT molecular complexity index is 480. The van der Waals surface area contributed by atoms with Crippen molar-refractivity contribution in [1.29, 1.82) is 0 Å². The molecule has 1 atom stereocenters. The van der Waals surface area contributed by atoms with Crippen LogP contribution in [0.5, 0.6) is 0 Å². The van der Waals surface area contributed by atoms with Crippen LogP contribution in [-0.2, 0) is 11.3 Å². The number of carbonyl (C=O) groups excluding carboxylic acids is 1. The van der Waals surface area contributed by atoms with Crippen molar-refractivity contribution in [3.8, 4) is 0 Å². The summed E-state index contributed by atoms with van der Waals surface area (Å²) in [5.74, 6) is 0.698. The van der Waals surface area contributed by atoms with Crippen molar-refractivity contribution < 1.29 is 4.79 Å². The third-order valence-electron chi connectivity index (χ3n) is 3.56. The van der Waals surface area contributed by atoms with Crippen LogP contribution >= 0.6 is 11.3 Å². The molecule has 0 N–H and O–H groups in total. The van der Waals surface area contributed by atoms with Crippen LogP contribution < -0.4 is 0 Å². The van der Waals surface area contributed by atoms with E-state index in [2.05, 4.69) is 42.9 Å². The number of amides is 1. The van der Waals surface area contributed by atoms with Gasteiger partial charge in [0.25, 0.3) is 0 Å². The summed E-state index contributed by atoms with van der Waals surface area (Å²) >= 11 is 1.64. The summed E-state index contributed by atoms with van der Waals surface area (Å²) in [4.78, 5) is 16.3. The van der Waals surface area contributed by atoms with E-state index in [-0.39, 0.29) is 11.4 Å². The maximum absolute atomic E-state index is 12.1. The molecule has 0 saturated carbocycles. The van der Waals surface area contributed by atoms with E-state index in [4.69, 9.17) is 0 Å². The molecule has 1 aromatic heterocycles. The van der Waals surface area contributed by atoms with Gasteiger partial charge in [-0.25, -0.2) is 0 Å². The van der Waals surface area contributed by atoms with Crippen molar-refractivity contribution >= 4 is 17.2 Å². The maximum atomic E-state index is 12.1. The molecule has 1 aliphatic rings. The van der Waals surface area contributed by atoms with Crippen LogP contribution in [0.15, 0.2) is 0 Å². The zero-order chi connectivity index (χ0) is 14.9. The summed E-state index contributed by atoms with van der Waals surface area (Å²) in [5.41, 5.74) is -0.0687. The highest BCUT2D eigenvalue weighted by atomic mass is 32.1. The number of hydrogen-bond acceptors (Lipinski definition) is 5. The molecule has 2 rings (SSSR count). The predicted octanol–water partition coefficient (Wildman–Crippen LogP) is 1.93. The third kappa shape index (κ3) is 3.76. The van der Waals surface area contributed by atoms with Crippen LogP contribution in [0.25, 0.3) is 0 Å². The molecule has 1 amide bonds. The Hall–Kier alpha value is -1.01. The van der Waals surface area contributed by atoms with Crippen LogP contribution in [-0.4, -0.2) is 51.6 Å². The quantitative estimate of drug-likeness (QED) is 0.852. The first-order chi connectivity index (χ1) is 9.25. The molecule has 0 spiro atoms. The zero-order valence-electron chi connectivity index (χ0n) is 13.0. The summed E-state index contributed by atoms with van der Waals surface area (Å²) in [6, 6.07) is 0. The maximum Gasteiger partial charge on any atom is 0.223 e. The molecule has 6 heteroatoms. The van der Waals surface area contributed by atoms with Gasteiger partial charge in [-0.3, -0.25) is 9.69 Å². The van der Waals surface area contributed by atoms with E-state index in [0.717, 1.165) is 29.6 Å². The van der Waals surface area contributed by atoms with Gasteiger partial charge in [0.05, 0.1) is 6.54 Å². The first-order valence-electron chi connectivity index (χ1n) is 7.03. The lowest BCUT2D eigenvalue weighted by Crippen LogP contribution is -2.42. The molecule has 1 fully saturated rings. The van der Waals surface area contributed by atoms with Gasteiger partial charge in [-0.2, -0.15) is 0 Å². The van der Waals surface area contributed by atoms with Crippen LogP contribution in [0.1, 0.15) is 37.2 Å². The molecule has 20 heavy (non-hydrogen) atoms. The predicted molar refractivity (Wildman–Crippen MR) is 80.6 cm³/mol. The second-order valence-electron chi connectivity index (χ2n) is 6.66. The number of carbonyl (C=O) groups is 1. The molecule has 112 valence electrons. The summed E-state index contributed by atoms with van der Waals surface area (Å²) in [6.07, 6.45) is 0.663. The largest absolute Gasteiger partial charge is 0.338 e. The van der Waals surface area contributed by atoms with Gasteiger partial charge in [-0.05, 0) is 40.7 Å². The van der Waals surface area contributed by atoms with E-state index in [0.29, 0.717) is 12.3 Å². The monoisotopic (exact) mass is 296 g/mol. The summed E-state index contributed by atoms with van der Waals surface area (Å²) < 4.78 is 0. The minimum Gasteiger partial charge on any atom is -0.338 e. The molecular weight excluding hydrogens is 272 g/mol. The molecule has 0 aliphatic carbocycles. The molecule has 2 heterocycles. The second kappa shape index (κ2) is 5.77. The standard InChI is InChI=1S/C14H24N4OS/c1-10-15-16-12(20-10)9-17(5)7-11-6-13(19)18(8-11)14(2,3)4/h11H,6-9H2,1-5H3/t11-/m0/s1. The molecular formula is C14H24N4OS. The number of likely N-dealkylation sites (tertiary alicyclic amines) is 1. The SMILES string of the molecule is Cc1nnc(CN(C)C[C@@H]2CC(=O)N(C(C)(C)C)C2)s1. The smallest absolute Gasteiger partial charge is 0.223 e. The van der Waals surface area contributed by atoms with Crippen LogP contribution in [0, 0.1) is 12.8 Å². The Labute approximate surface area is 125 Å². The fraction of sp³-hybridized carbons (Fsp3) is 0.786. The van der Waals surface area contributed by atoms with Gasteiger partial charge < -0.3 is 4.90 Å². The van der Waals surface area contributed by atoms with Gasteiger partial charge in [-0.15, -0.1) is 21.5 Å².